The standard InChI is InChI=1S/C27H29N3O3/c31-26(25-14-8-20-33-25)28-24(21-23-11-5-2-6-12-23)27(32)30-18-16-29(17-19-30)15-7-13-22-9-3-1-4-10-22/h1-14,20,24H,15-19,21H2,(H,28,31)/b13-7+/t24-/m0/s1. The number of piperazine rings is 1. The molecule has 1 aliphatic heterocycles. The molecule has 1 fully saturated rings. The van der Waals surface area contributed by atoms with Crippen molar-refractivity contribution in [3.05, 3.63) is 102 Å². The second kappa shape index (κ2) is 11.3. The first kappa shape index (κ1) is 22.6. The second-order valence-corrected chi connectivity index (χ2v) is 8.13. The molecule has 1 saturated heterocycles. The van der Waals surface area contributed by atoms with Gasteiger partial charge in [0.2, 0.25) is 5.91 Å². The van der Waals surface area contributed by atoms with Crippen molar-refractivity contribution in [3.63, 3.8) is 0 Å². The van der Waals surface area contributed by atoms with Gasteiger partial charge in [-0.1, -0.05) is 72.8 Å². The summed E-state index contributed by atoms with van der Waals surface area (Å²) >= 11 is 0. The lowest BCUT2D eigenvalue weighted by Gasteiger charge is -2.36. The molecule has 3 aromatic rings. The van der Waals surface area contributed by atoms with Gasteiger partial charge in [0.05, 0.1) is 6.26 Å². The van der Waals surface area contributed by atoms with E-state index in [0.29, 0.717) is 19.5 Å². The van der Waals surface area contributed by atoms with E-state index < -0.39 is 6.04 Å². The van der Waals surface area contributed by atoms with Gasteiger partial charge >= 0.3 is 0 Å². The molecule has 0 saturated carbocycles. The molecule has 1 aliphatic rings. The van der Waals surface area contributed by atoms with E-state index in [-0.39, 0.29) is 17.6 Å². The molecule has 0 unspecified atom stereocenters. The Kier molecular flexibility index (Phi) is 7.72. The van der Waals surface area contributed by atoms with Crippen LogP contribution in [0.25, 0.3) is 6.08 Å². The molecule has 1 atom stereocenters. The van der Waals surface area contributed by atoms with Crippen molar-refractivity contribution in [2.24, 2.45) is 0 Å². The summed E-state index contributed by atoms with van der Waals surface area (Å²) in [6.45, 7) is 3.73. The molecule has 4 rings (SSSR count). The molecule has 6 heteroatoms. The number of rotatable bonds is 8. The monoisotopic (exact) mass is 443 g/mol. The summed E-state index contributed by atoms with van der Waals surface area (Å²) in [6, 6.07) is 22.6. The molecule has 1 N–H and O–H groups in total. The molecule has 0 spiro atoms. The maximum atomic E-state index is 13.4. The van der Waals surface area contributed by atoms with E-state index in [0.717, 1.165) is 25.2 Å². The average Bonchev–Trinajstić information content (AvgIpc) is 3.40. The zero-order chi connectivity index (χ0) is 22.9. The molecule has 6 nitrogen and oxygen atoms in total. The summed E-state index contributed by atoms with van der Waals surface area (Å²) in [4.78, 5) is 30.1. The fourth-order valence-corrected chi connectivity index (χ4v) is 3.96. The summed E-state index contributed by atoms with van der Waals surface area (Å²) in [5.74, 6) is -0.229. The molecule has 2 aromatic carbocycles. The van der Waals surface area contributed by atoms with Gasteiger partial charge < -0.3 is 14.6 Å². The summed E-state index contributed by atoms with van der Waals surface area (Å²) in [7, 11) is 0. The fraction of sp³-hybridized carbons (Fsp3) is 0.259. The molecule has 2 heterocycles. The maximum Gasteiger partial charge on any atom is 0.287 e. The predicted octanol–water partition coefficient (Wildman–Crippen LogP) is 3.48. The van der Waals surface area contributed by atoms with Crippen LogP contribution in [-0.2, 0) is 11.2 Å². The lowest BCUT2D eigenvalue weighted by atomic mass is 10.0. The van der Waals surface area contributed by atoms with Gasteiger partial charge in [-0.15, -0.1) is 0 Å². The van der Waals surface area contributed by atoms with E-state index in [1.54, 1.807) is 12.1 Å². The van der Waals surface area contributed by atoms with Gasteiger partial charge in [0, 0.05) is 39.1 Å². The third kappa shape index (κ3) is 6.43. The SMILES string of the molecule is O=C(N[C@@H](Cc1ccccc1)C(=O)N1CCN(C/C=C/c2ccccc2)CC1)c1ccco1. The van der Waals surface area contributed by atoms with Crippen molar-refractivity contribution in [3.8, 4) is 0 Å². The van der Waals surface area contributed by atoms with Crippen LogP contribution in [0.1, 0.15) is 21.7 Å². The second-order valence-electron chi connectivity index (χ2n) is 8.13. The number of nitrogens with zero attached hydrogens (tertiary/aromatic N) is 2. The first-order valence-corrected chi connectivity index (χ1v) is 11.3. The fourth-order valence-electron chi connectivity index (χ4n) is 3.96. The number of carbonyl (C=O) groups is 2. The Labute approximate surface area is 194 Å². The van der Waals surface area contributed by atoms with E-state index >= 15 is 0 Å². The molecule has 33 heavy (non-hydrogen) atoms. The zero-order valence-electron chi connectivity index (χ0n) is 18.6. The Morgan fingerprint density at radius 3 is 2.27 bits per heavy atom. The zero-order valence-corrected chi connectivity index (χ0v) is 18.6. The van der Waals surface area contributed by atoms with Gasteiger partial charge in [-0.3, -0.25) is 14.5 Å². The molecule has 170 valence electrons. The minimum Gasteiger partial charge on any atom is -0.459 e. The Hall–Kier alpha value is -3.64. The van der Waals surface area contributed by atoms with Crippen molar-refractivity contribution in [2.75, 3.05) is 32.7 Å². The van der Waals surface area contributed by atoms with Crippen molar-refractivity contribution < 1.29 is 14.0 Å². The first-order chi connectivity index (χ1) is 16.2. The van der Waals surface area contributed by atoms with Crippen LogP contribution in [-0.4, -0.2) is 60.4 Å². The van der Waals surface area contributed by atoms with Gasteiger partial charge in [-0.25, -0.2) is 0 Å². The van der Waals surface area contributed by atoms with Gasteiger partial charge in [0.25, 0.3) is 5.91 Å². The molecule has 0 aliphatic carbocycles. The quantitative estimate of drug-likeness (QED) is 0.579. The van der Waals surface area contributed by atoms with Crippen LogP contribution in [0.2, 0.25) is 0 Å². The molecule has 0 radical (unpaired) electrons. The van der Waals surface area contributed by atoms with Crippen LogP contribution in [0.5, 0.6) is 0 Å². The Morgan fingerprint density at radius 2 is 1.61 bits per heavy atom. The van der Waals surface area contributed by atoms with Gasteiger partial charge in [0.1, 0.15) is 6.04 Å². The predicted molar refractivity (Wildman–Crippen MR) is 129 cm³/mol. The van der Waals surface area contributed by atoms with E-state index in [2.05, 4.69) is 34.5 Å². The van der Waals surface area contributed by atoms with Crippen molar-refractivity contribution >= 4 is 17.9 Å². The van der Waals surface area contributed by atoms with E-state index in [1.165, 1.54) is 11.8 Å². The number of amides is 2. The van der Waals surface area contributed by atoms with E-state index in [1.807, 2.05) is 53.4 Å². The normalized spacial score (nSPS) is 15.5. The number of furan rings is 1. The summed E-state index contributed by atoms with van der Waals surface area (Å²) in [5, 5.41) is 2.88. The lowest BCUT2D eigenvalue weighted by molar-refractivity contribution is -0.134. The van der Waals surface area contributed by atoms with Crippen LogP contribution in [0.4, 0.5) is 0 Å². The third-order valence-corrected chi connectivity index (χ3v) is 5.79. The lowest BCUT2D eigenvalue weighted by Crippen LogP contribution is -2.55. The van der Waals surface area contributed by atoms with Crippen LogP contribution in [0, 0.1) is 0 Å². The van der Waals surface area contributed by atoms with Crippen LogP contribution in [0.15, 0.2) is 89.6 Å². The highest BCUT2D eigenvalue weighted by Gasteiger charge is 2.29. The minimum atomic E-state index is -0.644. The van der Waals surface area contributed by atoms with E-state index in [9.17, 15) is 9.59 Å². The van der Waals surface area contributed by atoms with Crippen molar-refractivity contribution in [2.45, 2.75) is 12.5 Å². The number of hydrogen-bond donors (Lipinski definition) is 1. The van der Waals surface area contributed by atoms with E-state index in [4.69, 9.17) is 4.42 Å². The van der Waals surface area contributed by atoms with Gasteiger partial charge in [0.15, 0.2) is 5.76 Å². The molecule has 2 amide bonds. The summed E-state index contributed by atoms with van der Waals surface area (Å²) in [6.07, 6.45) is 6.17. The molecule has 0 bridgehead atoms. The van der Waals surface area contributed by atoms with Gasteiger partial charge in [-0.05, 0) is 23.3 Å². The Bertz CT molecular complexity index is 1040. The average molecular weight is 444 g/mol. The highest BCUT2D eigenvalue weighted by Crippen LogP contribution is 2.11. The smallest absolute Gasteiger partial charge is 0.287 e. The number of carbonyl (C=O) groups excluding carboxylic acids is 2. The van der Waals surface area contributed by atoms with Crippen LogP contribution < -0.4 is 5.32 Å². The number of hydrogen-bond acceptors (Lipinski definition) is 4. The van der Waals surface area contributed by atoms with Crippen LogP contribution >= 0.6 is 0 Å². The highest BCUT2D eigenvalue weighted by molar-refractivity contribution is 5.95. The minimum absolute atomic E-state index is 0.0572. The summed E-state index contributed by atoms with van der Waals surface area (Å²) in [5.41, 5.74) is 2.18. The van der Waals surface area contributed by atoms with Crippen LogP contribution in [0.3, 0.4) is 0 Å². The number of benzene rings is 2. The topological polar surface area (TPSA) is 65.8 Å². The first-order valence-electron chi connectivity index (χ1n) is 11.3. The number of nitrogens with one attached hydrogen (secondary N) is 1. The largest absolute Gasteiger partial charge is 0.459 e. The molecule has 1 aromatic heterocycles. The van der Waals surface area contributed by atoms with Crippen molar-refractivity contribution in [1.29, 1.82) is 0 Å². The highest BCUT2D eigenvalue weighted by atomic mass is 16.3. The Morgan fingerprint density at radius 1 is 0.909 bits per heavy atom. The third-order valence-electron chi connectivity index (χ3n) is 5.79. The molecular weight excluding hydrogens is 414 g/mol. The van der Waals surface area contributed by atoms with Crippen molar-refractivity contribution in [1.82, 2.24) is 15.1 Å². The maximum absolute atomic E-state index is 13.4. The van der Waals surface area contributed by atoms with Gasteiger partial charge in [-0.2, -0.15) is 0 Å². The Balaban J connectivity index is 1.34. The summed E-state index contributed by atoms with van der Waals surface area (Å²) < 4.78 is 5.21. The molecular formula is C27H29N3O3.